The summed E-state index contributed by atoms with van der Waals surface area (Å²) < 4.78 is 11.6. The van der Waals surface area contributed by atoms with E-state index >= 15 is 0 Å². The molecule has 1 aliphatic carbocycles. The average Bonchev–Trinajstić information content (AvgIpc) is 3.73. The van der Waals surface area contributed by atoms with E-state index in [0.29, 0.717) is 18.1 Å². The zero-order chi connectivity index (χ0) is 27.8. The first-order chi connectivity index (χ1) is 18.8. The smallest absolute Gasteiger partial charge is 0.344 e. The van der Waals surface area contributed by atoms with Crippen molar-refractivity contribution >= 4 is 23.3 Å². The number of carbonyl (C=O) groups is 1. The summed E-state index contributed by atoms with van der Waals surface area (Å²) in [5.41, 5.74) is 5.13. The molecule has 0 aromatic heterocycles. The first-order valence-corrected chi connectivity index (χ1v) is 14.0. The summed E-state index contributed by atoms with van der Waals surface area (Å²) in [6.45, 7) is 4.49. The second-order valence-electron chi connectivity index (χ2n) is 9.91. The maximum atomic E-state index is 11.1. The number of aryl methyl sites for hydroxylation is 1. The second kappa shape index (κ2) is 13.4. The first kappa shape index (κ1) is 28.4. The Morgan fingerprint density at radius 1 is 1.08 bits per heavy atom. The lowest BCUT2D eigenvalue weighted by molar-refractivity contribution is -0.144. The van der Waals surface area contributed by atoms with Gasteiger partial charge in [0.1, 0.15) is 18.1 Å². The third-order valence-corrected chi connectivity index (χ3v) is 7.50. The van der Waals surface area contributed by atoms with Crippen molar-refractivity contribution in [3.63, 3.8) is 0 Å². The Hall–Kier alpha value is -3.66. The third-order valence-electron chi connectivity index (χ3n) is 6.15. The summed E-state index contributed by atoms with van der Waals surface area (Å²) in [4.78, 5) is 14.5. The third kappa shape index (κ3) is 8.68. The van der Waals surface area contributed by atoms with Gasteiger partial charge in [0.05, 0.1) is 6.54 Å². The second-order valence-corrected chi connectivity index (χ2v) is 11.3. The lowest BCUT2D eigenvalue weighted by atomic mass is 9.97. The minimum atomic E-state index is -1.000. The largest absolute Gasteiger partial charge is 0.489 e. The van der Waals surface area contributed by atoms with Crippen LogP contribution in [-0.4, -0.2) is 54.6 Å². The number of hydrogen-bond acceptors (Lipinski definition) is 5. The molecule has 5 nitrogen and oxygen atoms in total. The summed E-state index contributed by atoms with van der Waals surface area (Å²) in [5, 5.41) is 9.88. The molecule has 0 heterocycles. The lowest BCUT2D eigenvalue weighted by Crippen LogP contribution is -2.23. The summed E-state index contributed by atoms with van der Waals surface area (Å²) >= 11 is 1.95. The predicted octanol–water partition coefficient (Wildman–Crippen LogP) is 6.53. The van der Waals surface area contributed by atoms with Crippen LogP contribution in [0.15, 0.2) is 77.7 Å². The number of thioether (sulfide) groups is 1. The van der Waals surface area contributed by atoms with Gasteiger partial charge >= 0.3 is 5.97 Å². The molecule has 3 aromatic rings. The molecule has 202 valence electrons. The van der Waals surface area contributed by atoms with Crippen LogP contribution in [-0.2, 0) is 4.79 Å². The molecule has 3 aromatic carbocycles. The van der Waals surface area contributed by atoms with Gasteiger partial charge in [0.2, 0.25) is 0 Å². The highest BCUT2D eigenvalue weighted by atomic mass is 32.2. The zero-order valence-electron chi connectivity index (χ0n) is 22.9. The average molecular weight is 542 g/mol. The maximum absolute atomic E-state index is 11.1. The quantitative estimate of drug-likeness (QED) is 0.279. The fourth-order valence-electron chi connectivity index (χ4n) is 3.83. The van der Waals surface area contributed by atoms with Gasteiger partial charge in [0.25, 0.3) is 0 Å². The normalized spacial score (nSPS) is 13.9. The van der Waals surface area contributed by atoms with Gasteiger partial charge in [-0.3, -0.25) is 4.90 Å². The molecular formula is C33H35NO4S. The number of benzene rings is 3. The van der Waals surface area contributed by atoms with Crippen LogP contribution in [0.25, 0.3) is 5.57 Å². The molecule has 1 N–H and O–H groups in total. The highest BCUT2D eigenvalue weighted by Crippen LogP contribution is 2.39. The topological polar surface area (TPSA) is 59.0 Å². The molecule has 0 radical (unpaired) electrons. The SMILES string of the molecule is Cc1cc(OC/C=C(/c2ccc(C#CCN(C)C)cc2)c2ccc(SC3CC3)cc2)ccc1OC(C)C(=O)O. The molecule has 1 atom stereocenters. The summed E-state index contributed by atoms with van der Waals surface area (Å²) in [6.07, 6.45) is 3.80. The van der Waals surface area contributed by atoms with Crippen LogP contribution in [0.3, 0.4) is 0 Å². The van der Waals surface area contributed by atoms with Crippen molar-refractivity contribution in [3.05, 3.63) is 95.1 Å². The van der Waals surface area contributed by atoms with E-state index in [4.69, 9.17) is 14.6 Å². The van der Waals surface area contributed by atoms with Crippen LogP contribution in [0.5, 0.6) is 11.5 Å². The molecular weight excluding hydrogens is 506 g/mol. The summed E-state index contributed by atoms with van der Waals surface area (Å²) in [5.74, 6) is 6.64. The van der Waals surface area contributed by atoms with Crippen LogP contribution in [0, 0.1) is 18.8 Å². The number of rotatable bonds is 11. The van der Waals surface area contributed by atoms with E-state index in [9.17, 15) is 4.79 Å². The Bertz CT molecular complexity index is 1360. The van der Waals surface area contributed by atoms with Crippen molar-refractivity contribution in [1.82, 2.24) is 4.90 Å². The van der Waals surface area contributed by atoms with Crippen LogP contribution in [0.2, 0.25) is 0 Å². The molecule has 0 saturated heterocycles. The highest BCUT2D eigenvalue weighted by molar-refractivity contribution is 8.00. The minimum Gasteiger partial charge on any atom is -0.489 e. The first-order valence-electron chi connectivity index (χ1n) is 13.1. The number of carboxylic acid groups (broad SMARTS) is 1. The fraction of sp³-hybridized carbons (Fsp3) is 0.303. The number of aliphatic carboxylic acids is 1. The predicted molar refractivity (Wildman–Crippen MR) is 159 cm³/mol. The molecule has 0 bridgehead atoms. The van der Waals surface area contributed by atoms with E-state index in [1.165, 1.54) is 24.7 Å². The lowest BCUT2D eigenvalue weighted by Gasteiger charge is -2.14. The molecule has 0 aliphatic heterocycles. The monoisotopic (exact) mass is 541 g/mol. The molecule has 0 spiro atoms. The van der Waals surface area contributed by atoms with E-state index in [2.05, 4.69) is 66.4 Å². The molecule has 1 aliphatic rings. The Morgan fingerprint density at radius 3 is 2.33 bits per heavy atom. The molecule has 6 heteroatoms. The van der Waals surface area contributed by atoms with E-state index in [1.54, 1.807) is 12.1 Å². The van der Waals surface area contributed by atoms with Gasteiger partial charge in [-0.2, -0.15) is 0 Å². The van der Waals surface area contributed by atoms with Crippen LogP contribution >= 0.6 is 11.8 Å². The van der Waals surface area contributed by atoms with Gasteiger partial charge in [-0.15, -0.1) is 11.8 Å². The number of carboxylic acids is 1. The van der Waals surface area contributed by atoms with E-state index in [1.807, 2.05) is 43.7 Å². The molecule has 1 saturated carbocycles. The molecule has 0 amide bonds. The molecule has 1 unspecified atom stereocenters. The van der Waals surface area contributed by atoms with Crippen molar-refractivity contribution in [2.75, 3.05) is 27.2 Å². The van der Waals surface area contributed by atoms with E-state index < -0.39 is 12.1 Å². The van der Waals surface area contributed by atoms with Gasteiger partial charge in [-0.05, 0) is 112 Å². The number of ether oxygens (including phenoxy) is 2. The Kier molecular flexibility index (Phi) is 9.75. The van der Waals surface area contributed by atoms with Crippen molar-refractivity contribution in [3.8, 4) is 23.3 Å². The molecule has 39 heavy (non-hydrogen) atoms. The van der Waals surface area contributed by atoms with Crippen molar-refractivity contribution in [2.24, 2.45) is 0 Å². The van der Waals surface area contributed by atoms with Crippen LogP contribution in [0.4, 0.5) is 0 Å². The van der Waals surface area contributed by atoms with E-state index in [-0.39, 0.29) is 0 Å². The minimum absolute atomic E-state index is 0.378. The van der Waals surface area contributed by atoms with Gasteiger partial charge in [-0.1, -0.05) is 36.1 Å². The standard InChI is InChI=1S/C33H35NO4S/c1-23-22-28(13-18-32(23)38-24(2)33(35)36)37-21-19-31(27-11-14-29(15-12-27)39-30-16-17-30)26-9-7-25(8-10-26)6-5-20-34(3)4/h7-15,18-19,22,24,30H,16-17,20-21H2,1-4H3,(H,35,36)/b31-19-. The van der Waals surface area contributed by atoms with Gasteiger partial charge in [0.15, 0.2) is 6.10 Å². The van der Waals surface area contributed by atoms with Gasteiger partial charge in [0, 0.05) is 15.7 Å². The Morgan fingerprint density at radius 2 is 1.74 bits per heavy atom. The van der Waals surface area contributed by atoms with Gasteiger partial charge in [-0.25, -0.2) is 4.79 Å². The van der Waals surface area contributed by atoms with Gasteiger partial charge < -0.3 is 14.6 Å². The van der Waals surface area contributed by atoms with E-state index in [0.717, 1.165) is 39.6 Å². The summed E-state index contributed by atoms with van der Waals surface area (Å²) in [6, 6.07) is 22.5. The maximum Gasteiger partial charge on any atom is 0.344 e. The van der Waals surface area contributed by atoms with Crippen LogP contribution in [0.1, 0.15) is 42.0 Å². The highest BCUT2D eigenvalue weighted by Gasteiger charge is 2.22. The number of hydrogen-bond donors (Lipinski definition) is 1. The van der Waals surface area contributed by atoms with Crippen molar-refractivity contribution in [2.45, 2.75) is 42.9 Å². The Labute approximate surface area is 235 Å². The zero-order valence-corrected chi connectivity index (χ0v) is 23.8. The molecule has 1 fully saturated rings. The Balaban J connectivity index is 1.52. The van der Waals surface area contributed by atoms with Crippen molar-refractivity contribution in [1.29, 1.82) is 0 Å². The van der Waals surface area contributed by atoms with Crippen LogP contribution < -0.4 is 9.47 Å². The number of nitrogens with zero attached hydrogens (tertiary/aromatic N) is 1. The summed E-state index contributed by atoms with van der Waals surface area (Å²) in [7, 11) is 4.02. The molecule has 4 rings (SSSR count). The van der Waals surface area contributed by atoms with Crippen molar-refractivity contribution < 1.29 is 19.4 Å². The fourth-order valence-corrected chi connectivity index (χ4v) is 4.88.